The van der Waals surface area contributed by atoms with Crippen LogP contribution in [-0.2, 0) is 6.42 Å². The summed E-state index contributed by atoms with van der Waals surface area (Å²) in [4.78, 5) is 39.2. The summed E-state index contributed by atoms with van der Waals surface area (Å²) < 4.78 is 0. The standard InChI is InChI=1S/C17H17N3O4/c1-9-14-11(6-4-8-13(14)22)18-15(9)17(24)20-19-16(23)10-5-2-3-7-12(10)21/h2-3,5,7,18,21H,4,6,8H2,1H3,(H,19,23)(H,20,24). The van der Waals surface area contributed by atoms with Gasteiger partial charge in [-0.1, -0.05) is 12.1 Å². The number of aromatic hydroxyl groups is 1. The molecule has 1 aromatic heterocycles. The molecule has 3 rings (SSSR count). The number of H-pyrrole nitrogens is 1. The van der Waals surface area contributed by atoms with E-state index >= 15 is 0 Å². The van der Waals surface area contributed by atoms with Crippen LogP contribution in [0.15, 0.2) is 24.3 Å². The average molecular weight is 327 g/mol. The average Bonchev–Trinajstić information content (AvgIpc) is 2.91. The highest BCUT2D eigenvalue weighted by atomic mass is 16.3. The molecule has 1 aliphatic rings. The van der Waals surface area contributed by atoms with Crippen molar-refractivity contribution in [3.63, 3.8) is 0 Å². The zero-order chi connectivity index (χ0) is 17.3. The Hall–Kier alpha value is -3.09. The number of aromatic amines is 1. The van der Waals surface area contributed by atoms with Gasteiger partial charge < -0.3 is 10.1 Å². The van der Waals surface area contributed by atoms with Gasteiger partial charge in [-0.2, -0.15) is 0 Å². The molecule has 0 spiro atoms. The molecule has 7 heteroatoms. The highest BCUT2D eigenvalue weighted by molar-refractivity contribution is 6.05. The number of amides is 2. The molecule has 7 nitrogen and oxygen atoms in total. The number of hydrogen-bond acceptors (Lipinski definition) is 4. The summed E-state index contributed by atoms with van der Waals surface area (Å²) in [5.41, 5.74) is 6.79. The highest BCUT2D eigenvalue weighted by Gasteiger charge is 2.26. The summed E-state index contributed by atoms with van der Waals surface area (Å²) in [6, 6.07) is 6.01. The van der Waals surface area contributed by atoms with Gasteiger partial charge in [-0.05, 0) is 37.5 Å². The third kappa shape index (κ3) is 2.76. The minimum absolute atomic E-state index is 0.0299. The molecule has 2 aromatic rings. The molecule has 2 amide bonds. The predicted octanol–water partition coefficient (Wildman–Crippen LogP) is 1.62. The van der Waals surface area contributed by atoms with Crippen molar-refractivity contribution in [3.8, 4) is 5.75 Å². The van der Waals surface area contributed by atoms with Gasteiger partial charge >= 0.3 is 0 Å². The van der Waals surface area contributed by atoms with E-state index in [1.54, 1.807) is 19.1 Å². The minimum atomic E-state index is -0.633. The fourth-order valence-corrected chi connectivity index (χ4v) is 2.91. The van der Waals surface area contributed by atoms with Crippen LogP contribution in [0.3, 0.4) is 0 Å². The zero-order valence-electron chi connectivity index (χ0n) is 13.1. The van der Waals surface area contributed by atoms with Crippen molar-refractivity contribution in [2.75, 3.05) is 0 Å². The minimum Gasteiger partial charge on any atom is -0.507 e. The topological polar surface area (TPSA) is 111 Å². The van der Waals surface area contributed by atoms with Gasteiger partial charge in [0.1, 0.15) is 11.4 Å². The number of hydrazine groups is 1. The van der Waals surface area contributed by atoms with E-state index < -0.39 is 11.8 Å². The lowest BCUT2D eigenvalue weighted by molar-refractivity contribution is 0.0842. The van der Waals surface area contributed by atoms with Gasteiger partial charge in [0.05, 0.1) is 5.56 Å². The summed E-state index contributed by atoms with van der Waals surface area (Å²) in [7, 11) is 0. The van der Waals surface area contributed by atoms with Crippen molar-refractivity contribution in [2.24, 2.45) is 0 Å². The number of Topliss-reactive ketones (excluding diaryl/α,β-unsaturated/α-hetero) is 1. The number of benzene rings is 1. The first-order chi connectivity index (χ1) is 11.5. The van der Waals surface area contributed by atoms with Crippen LogP contribution >= 0.6 is 0 Å². The van der Waals surface area contributed by atoms with Crippen LogP contribution in [0, 0.1) is 6.92 Å². The molecular weight excluding hydrogens is 310 g/mol. The molecule has 0 aliphatic heterocycles. The van der Waals surface area contributed by atoms with Crippen LogP contribution in [0.25, 0.3) is 0 Å². The molecule has 1 aromatic carbocycles. The Balaban J connectivity index is 1.73. The third-order valence-electron chi connectivity index (χ3n) is 4.10. The number of nitrogens with one attached hydrogen (secondary N) is 3. The summed E-state index contributed by atoms with van der Waals surface area (Å²) in [6.45, 7) is 1.71. The molecule has 4 N–H and O–H groups in total. The molecule has 0 fully saturated rings. The van der Waals surface area contributed by atoms with E-state index in [2.05, 4.69) is 15.8 Å². The smallest absolute Gasteiger partial charge is 0.286 e. The summed E-state index contributed by atoms with van der Waals surface area (Å²) >= 11 is 0. The van der Waals surface area contributed by atoms with Gasteiger partial charge in [0.2, 0.25) is 0 Å². The van der Waals surface area contributed by atoms with Crippen molar-refractivity contribution in [1.29, 1.82) is 0 Å². The monoisotopic (exact) mass is 327 g/mol. The molecular formula is C17H17N3O4. The van der Waals surface area contributed by atoms with Crippen LogP contribution in [0.5, 0.6) is 5.75 Å². The fourth-order valence-electron chi connectivity index (χ4n) is 2.91. The molecule has 1 aliphatic carbocycles. The van der Waals surface area contributed by atoms with E-state index in [4.69, 9.17) is 0 Å². The summed E-state index contributed by atoms with van der Waals surface area (Å²) in [6.07, 6.45) is 1.97. The number of aryl methyl sites for hydroxylation is 1. The molecule has 124 valence electrons. The number of carbonyl (C=O) groups excluding carboxylic acids is 3. The Kier molecular flexibility index (Phi) is 4.07. The second-order valence-electron chi connectivity index (χ2n) is 5.68. The second-order valence-corrected chi connectivity index (χ2v) is 5.68. The van der Waals surface area contributed by atoms with Gasteiger partial charge in [-0.25, -0.2) is 0 Å². The number of ketones is 1. The molecule has 0 saturated heterocycles. The van der Waals surface area contributed by atoms with Crippen LogP contribution in [-0.4, -0.2) is 27.7 Å². The van der Waals surface area contributed by atoms with Crippen LogP contribution in [0.2, 0.25) is 0 Å². The van der Waals surface area contributed by atoms with Crippen LogP contribution < -0.4 is 10.9 Å². The number of phenols is 1. The number of rotatable bonds is 2. The van der Waals surface area contributed by atoms with E-state index in [0.717, 1.165) is 18.5 Å². The first-order valence-corrected chi connectivity index (χ1v) is 7.62. The van der Waals surface area contributed by atoms with Gasteiger partial charge in [0.25, 0.3) is 11.8 Å². The second kappa shape index (κ2) is 6.19. The molecule has 0 bridgehead atoms. The SMILES string of the molecule is Cc1c(C(=O)NNC(=O)c2ccccc2O)[nH]c2c1C(=O)CCC2. The maximum atomic E-state index is 12.3. The van der Waals surface area contributed by atoms with Crippen molar-refractivity contribution in [2.45, 2.75) is 26.2 Å². The van der Waals surface area contributed by atoms with Crippen molar-refractivity contribution < 1.29 is 19.5 Å². The molecule has 0 atom stereocenters. The van der Waals surface area contributed by atoms with Gasteiger partial charge in [0, 0.05) is 17.7 Å². The Bertz CT molecular complexity index is 838. The molecule has 0 radical (unpaired) electrons. The number of fused-ring (bicyclic) bond motifs is 1. The number of hydrogen-bond donors (Lipinski definition) is 4. The lowest BCUT2D eigenvalue weighted by Crippen LogP contribution is -2.42. The van der Waals surface area contributed by atoms with Crippen molar-refractivity contribution in [1.82, 2.24) is 15.8 Å². The van der Waals surface area contributed by atoms with Crippen LogP contribution in [0.1, 0.15) is 55.3 Å². The van der Waals surface area contributed by atoms with E-state index in [0.29, 0.717) is 17.5 Å². The van der Waals surface area contributed by atoms with Crippen molar-refractivity contribution >= 4 is 17.6 Å². The number of carbonyl (C=O) groups is 3. The first kappa shape index (κ1) is 15.8. The lowest BCUT2D eigenvalue weighted by Gasteiger charge is -2.09. The third-order valence-corrected chi connectivity index (χ3v) is 4.10. The maximum Gasteiger partial charge on any atom is 0.286 e. The quantitative estimate of drug-likeness (QED) is 0.628. The lowest BCUT2D eigenvalue weighted by atomic mass is 9.94. The zero-order valence-corrected chi connectivity index (χ0v) is 13.1. The molecule has 1 heterocycles. The van der Waals surface area contributed by atoms with E-state index in [1.165, 1.54) is 12.1 Å². The Morgan fingerprint density at radius 1 is 1.12 bits per heavy atom. The Morgan fingerprint density at radius 3 is 2.54 bits per heavy atom. The number of phenolic OH excluding ortho intramolecular Hbond substituents is 1. The summed E-state index contributed by atoms with van der Waals surface area (Å²) in [5, 5.41) is 9.63. The highest BCUT2D eigenvalue weighted by Crippen LogP contribution is 2.26. The van der Waals surface area contributed by atoms with Crippen molar-refractivity contribution in [3.05, 3.63) is 52.3 Å². The number of aromatic nitrogens is 1. The largest absolute Gasteiger partial charge is 0.507 e. The van der Waals surface area contributed by atoms with Gasteiger partial charge in [-0.15, -0.1) is 0 Å². The Labute approximate surface area is 138 Å². The van der Waals surface area contributed by atoms with Crippen LogP contribution in [0.4, 0.5) is 0 Å². The summed E-state index contributed by atoms with van der Waals surface area (Å²) in [5.74, 6) is -1.33. The molecule has 0 saturated carbocycles. The van der Waals surface area contributed by atoms with E-state index in [-0.39, 0.29) is 22.8 Å². The molecule has 0 unspecified atom stereocenters. The van der Waals surface area contributed by atoms with E-state index in [9.17, 15) is 19.5 Å². The fraction of sp³-hybridized carbons (Fsp3) is 0.235. The molecule has 24 heavy (non-hydrogen) atoms. The predicted molar refractivity (Wildman–Crippen MR) is 85.8 cm³/mol. The maximum absolute atomic E-state index is 12.3. The Morgan fingerprint density at radius 2 is 1.83 bits per heavy atom. The van der Waals surface area contributed by atoms with Gasteiger partial charge in [0.15, 0.2) is 5.78 Å². The normalized spacial score (nSPS) is 13.3. The van der Waals surface area contributed by atoms with E-state index in [1.807, 2.05) is 0 Å². The van der Waals surface area contributed by atoms with Gasteiger partial charge in [-0.3, -0.25) is 25.2 Å². The number of para-hydroxylation sites is 1. The first-order valence-electron chi connectivity index (χ1n) is 7.62.